The highest BCUT2D eigenvalue weighted by molar-refractivity contribution is 5.72. The van der Waals surface area contributed by atoms with Crippen LogP contribution in [-0.4, -0.2) is 5.91 Å². The van der Waals surface area contributed by atoms with Crippen LogP contribution in [0.4, 0.5) is 11.4 Å². The fraction of sp³-hybridized carbons (Fsp3) is 0.435. The second-order valence-electron chi connectivity index (χ2n) is 8.29. The molecule has 2 aromatic rings. The number of carbonyl (C=O) groups is 1. The van der Waals surface area contributed by atoms with E-state index >= 15 is 0 Å². The van der Waals surface area contributed by atoms with E-state index < -0.39 is 0 Å². The number of benzene rings is 2. The van der Waals surface area contributed by atoms with Crippen LogP contribution in [0.15, 0.2) is 48.5 Å². The minimum Gasteiger partial charge on any atom is -0.356 e. The van der Waals surface area contributed by atoms with Crippen molar-refractivity contribution in [2.24, 2.45) is 5.41 Å². The lowest BCUT2D eigenvalue weighted by molar-refractivity contribution is -0.119. The molecule has 2 N–H and O–H groups in total. The first-order valence-electron chi connectivity index (χ1n) is 9.62. The van der Waals surface area contributed by atoms with E-state index in [1.807, 2.05) is 24.3 Å². The monoisotopic (exact) mass is 350 g/mol. The van der Waals surface area contributed by atoms with Gasteiger partial charge in [0, 0.05) is 24.8 Å². The standard InChI is InChI=1S/C23H30N2O/c1-17(26)24-16-18-4-8-21(9-5-18)25-22-10-6-19(7-11-22)20-12-14-23(2,3)15-13-20/h4-11,20,25H,12-16H2,1-3H3,(H,24,26). The lowest BCUT2D eigenvalue weighted by atomic mass is 9.71. The Bertz CT molecular complexity index is 722. The van der Waals surface area contributed by atoms with Crippen LogP contribution in [-0.2, 0) is 11.3 Å². The summed E-state index contributed by atoms with van der Waals surface area (Å²) in [4.78, 5) is 11.0. The molecule has 26 heavy (non-hydrogen) atoms. The van der Waals surface area contributed by atoms with E-state index in [9.17, 15) is 4.79 Å². The first kappa shape index (κ1) is 18.5. The van der Waals surface area contributed by atoms with Gasteiger partial charge in [0.2, 0.25) is 5.91 Å². The number of carbonyl (C=O) groups excluding carboxylic acids is 1. The van der Waals surface area contributed by atoms with Crippen molar-refractivity contribution in [3.8, 4) is 0 Å². The van der Waals surface area contributed by atoms with Crippen molar-refractivity contribution >= 4 is 17.3 Å². The molecule has 0 atom stereocenters. The van der Waals surface area contributed by atoms with Gasteiger partial charge < -0.3 is 10.6 Å². The number of nitrogens with one attached hydrogen (secondary N) is 2. The SMILES string of the molecule is CC(=O)NCc1ccc(Nc2ccc(C3CCC(C)(C)CC3)cc2)cc1. The van der Waals surface area contributed by atoms with Gasteiger partial charge in [-0.25, -0.2) is 0 Å². The highest BCUT2D eigenvalue weighted by Gasteiger charge is 2.27. The molecule has 0 radical (unpaired) electrons. The molecule has 0 heterocycles. The number of hydrogen-bond acceptors (Lipinski definition) is 2. The third-order valence-corrected chi connectivity index (χ3v) is 5.51. The van der Waals surface area contributed by atoms with Crippen LogP contribution >= 0.6 is 0 Å². The zero-order chi connectivity index (χ0) is 18.6. The molecular weight excluding hydrogens is 320 g/mol. The Balaban J connectivity index is 1.56. The molecule has 1 saturated carbocycles. The summed E-state index contributed by atoms with van der Waals surface area (Å²) in [5.41, 5.74) is 5.26. The minimum absolute atomic E-state index is 0.00572. The number of hydrogen-bond donors (Lipinski definition) is 2. The molecule has 1 aliphatic rings. The molecule has 0 spiro atoms. The average molecular weight is 351 g/mol. The van der Waals surface area contributed by atoms with E-state index in [-0.39, 0.29) is 5.91 Å². The van der Waals surface area contributed by atoms with Crippen LogP contribution in [0.2, 0.25) is 0 Å². The van der Waals surface area contributed by atoms with Gasteiger partial charge in [-0.15, -0.1) is 0 Å². The predicted octanol–water partition coefficient (Wildman–Crippen LogP) is 5.75. The van der Waals surface area contributed by atoms with Gasteiger partial charge in [-0.2, -0.15) is 0 Å². The highest BCUT2D eigenvalue weighted by Crippen LogP contribution is 2.42. The van der Waals surface area contributed by atoms with E-state index in [4.69, 9.17) is 0 Å². The van der Waals surface area contributed by atoms with E-state index in [2.05, 4.69) is 48.7 Å². The Kier molecular flexibility index (Phi) is 5.65. The van der Waals surface area contributed by atoms with Crippen molar-refractivity contribution in [2.75, 3.05) is 5.32 Å². The van der Waals surface area contributed by atoms with Crippen molar-refractivity contribution in [1.29, 1.82) is 0 Å². The second kappa shape index (κ2) is 7.94. The number of anilines is 2. The molecule has 3 heteroatoms. The third kappa shape index (κ3) is 5.10. The van der Waals surface area contributed by atoms with Gasteiger partial charge in [0.25, 0.3) is 0 Å². The summed E-state index contributed by atoms with van der Waals surface area (Å²) in [6.45, 7) is 6.88. The molecule has 0 bridgehead atoms. The lowest BCUT2D eigenvalue weighted by Gasteiger charge is -2.34. The predicted molar refractivity (Wildman–Crippen MR) is 109 cm³/mol. The van der Waals surface area contributed by atoms with Gasteiger partial charge in [0.15, 0.2) is 0 Å². The molecule has 3 nitrogen and oxygen atoms in total. The Morgan fingerprint density at radius 1 is 0.962 bits per heavy atom. The topological polar surface area (TPSA) is 41.1 Å². The van der Waals surface area contributed by atoms with Crippen LogP contribution in [0.25, 0.3) is 0 Å². The van der Waals surface area contributed by atoms with Crippen LogP contribution in [0.5, 0.6) is 0 Å². The maximum Gasteiger partial charge on any atom is 0.217 e. The lowest BCUT2D eigenvalue weighted by Crippen LogP contribution is -2.20. The largest absolute Gasteiger partial charge is 0.356 e. The van der Waals surface area contributed by atoms with Crippen LogP contribution in [0.1, 0.15) is 63.5 Å². The summed E-state index contributed by atoms with van der Waals surface area (Å²) < 4.78 is 0. The Labute approximate surface area is 157 Å². The molecular formula is C23H30N2O. The molecule has 1 fully saturated rings. The normalized spacial score (nSPS) is 16.9. The van der Waals surface area contributed by atoms with Crippen LogP contribution < -0.4 is 10.6 Å². The molecule has 3 rings (SSSR count). The van der Waals surface area contributed by atoms with Crippen LogP contribution in [0, 0.1) is 5.41 Å². The second-order valence-corrected chi connectivity index (χ2v) is 8.29. The zero-order valence-electron chi connectivity index (χ0n) is 16.1. The third-order valence-electron chi connectivity index (χ3n) is 5.51. The first-order valence-corrected chi connectivity index (χ1v) is 9.62. The van der Waals surface area contributed by atoms with Gasteiger partial charge in [0.1, 0.15) is 0 Å². The Morgan fingerprint density at radius 3 is 2.04 bits per heavy atom. The smallest absolute Gasteiger partial charge is 0.217 e. The number of rotatable bonds is 5. The molecule has 0 aliphatic heterocycles. The van der Waals surface area contributed by atoms with Gasteiger partial charge in [0.05, 0.1) is 0 Å². The Morgan fingerprint density at radius 2 is 1.50 bits per heavy atom. The van der Waals surface area contributed by atoms with Gasteiger partial charge in [-0.1, -0.05) is 38.1 Å². The molecule has 2 aromatic carbocycles. The molecule has 0 aromatic heterocycles. The summed E-state index contributed by atoms with van der Waals surface area (Å²) in [5.74, 6) is 0.707. The maximum atomic E-state index is 11.0. The van der Waals surface area contributed by atoms with Crippen molar-refractivity contribution < 1.29 is 4.79 Å². The molecule has 1 amide bonds. The molecule has 138 valence electrons. The highest BCUT2D eigenvalue weighted by atomic mass is 16.1. The van der Waals surface area contributed by atoms with Gasteiger partial charge in [-0.05, 0) is 72.4 Å². The fourth-order valence-corrected chi connectivity index (χ4v) is 3.67. The first-order chi connectivity index (χ1) is 12.4. The average Bonchev–Trinajstić information content (AvgIpc) is 2.62. The summed E-state index contributed by atoms with van der Waals surface area (Å²) in [6.07, 6.45) is 5.25. The fourth-order valence-electron chi connectivity index (χ4n) is 3.67. The summed E-state index contributed by atoms with van der Waals surface area (Å²) in [5, 5.41) is 6.27. The zero-order valence-corrected chi connectivity index (χ0v) is 16.1. The van der Waals surface area contributed by atoms with Crippen molar-refractivity contribution in [3.63, 3.8) is 0 Å². The van der Waals surface area contributed by atoms with Crippen molar-refractivity contribution in [2.45, 2.75) is 58.9 Å². The molecule has 0 saturated heterocycles. The van der Waals surface area contributed by atoms with Crippen LogP contribution in [0.3, 0.4) is 0 Å². The summed E-state index contributed by atoms with van der Waals surface area (Å²) in [6, 6.07) is 17.1. The van der Waals surface area contributed by atoms with Crippen molar-refractivity contribution in [1.82, 2.24) is 5.32 Å². The summed E-state index contributed by atoms with van der Waals surface area (Å²) in [7, 11) is 0. The Hall–Kier alpha value is -2.29. The minimum atomic E-state index is -0.00572. The molecule has 1 aliphatic carbocycles. The number of amides is 1. The quantitative estimate of drug-likeness (QED) is 0.721. The van der Waals surface area contributed by atoms with Gasteiger partial charge >= 0.3 is 0 Å². The van der Waals surface area contributed by atoms with E-state index in [0.717, 1.165) is 16.9 Å². The van der Waals surface area contributed by atoms with E-state index in [1.54, 1.807) is 0 Å². The summed E-state index contributed by atoms with van der Waals surface area (Å²) >= 11 is 0. The van der Waals surface area contributed by atoms with E-state index in [0.29, 0.717) is 17.9 Å². The molecule has 0 unspecified atom stereocenters. The van der Waals surface area contributed by atoms with E-state index in [1.165, 1.54) is 38.2 Å². The van der Waals surface area contributed by atoms with Crippen molar-refractivity contribution in [3.05, 3.63) is 59.7 Å². The maximum absolute atomic E-state index is 11.0. The van der Waals surface area contributed by atoms with Gasteiger partial charge in [-0.3, -0.25) is 4.79 Å².